The lowest BCUT2D eigenvalue weighted by atomic mass is 9.81. The zero-order valence-electron chi connectivity index (χ0n) is 17.9. The van der Waals surface area contributed by atoms with Gasteiger partial charge in [-0.3, -0.25) is 9.59 Å². The van der Waals surface area contributed by atoms with Gasteiger partial charge in [0.05, 0.1) is 5.69 Å². The van der Waals surface area contributed by atoms with Crippen molar-refractivity contribution in [3.05, 3.63) is 36.2 Å². The summed E-state index contributed by atoms with van der Waals surface area (Å²) in [5, 5.41) is 0. The van der Waals surface area contributed by atoms with Crippen molar-refractivity contribution >= 4 is 23.5 Å². The highest BCUT2D eigenvalue weighted by Crippen LogP contribution is 2.39. The van der Waals surface area contributed by atoms with Crippen molar-refractivity contribution in [2.75, 3.05) is 31.1 Å². The second kappa shape index (κ2) is 7.69. The Labute approximate surface area is 178 Å². The van der Waals surface area contributed by atoms with Gasteiger partial charge in [0, 0.05) is 13.0 Å². The molecule has 0 spiro atoms. The third-order valence-corrected chi connectivity index (χ3v) is 6.94. The molecule has 1 atom stereocenters. The number of piperidine rings is 1. The van der Waals surface area contributed by atoms with E-state index in [1.165, 1.54) is 36.4 Å². The zero-order chi connectivity index (χ0) is 21.5. The maximum absolute atomic E-state index is 13.2. The van der Waals surface area contributed by atoms with E-state index in [9.17, 15) is 14.4 Å². The number of hydrogen-bond acceptors (Lipinski definition) is 4. The lowest BCUT2D eigenvalue weighted by Crippen LogP contribution is -2.61. The summed E-state index contributed by atoms with van der Waals surface area (Å²) in [6.45, 7) is 8.24. The van der Waals surface area contributed by atoms with E-state index in [1.807, 2.05) is 12.1 Å². The first-order valence-corrected chi connectivity index (χ1v) is 10.9. The average Bonchev–Trinajstić information content (AvgIpc) is 3.33. The summed E-state index contributed by atoms with van der Waals surface area (Å²) in [4.78, 5) is 43.3. The van der Waals surface area contributed by atoms with Gasteiger partial charge in [0.1, 0.15) is 0 Å². The summed E-state index contributed by atoms with van der Waals surface area (Å²) < 4.78 is 0. The number of amides is 4. The number of carbonyl (C=O) groups excluding carboxylic acids is 3. The molecule has 0 bridgehead atoms. The highest BCUT2D eigenvalue weighted by atomic mass is 16.2. The standard InChI is InChI=1S/C23H31N4O3/c1-22(2,12-16-25-13-5-6-14-25)17-7-9-18(10-8-17)27-20(29)23(19(24)28)11-3-4-15-26(23)21(27)30/h7-11H,3-6,12-16H2,1-2H3,(H2,24,28)/t23-/m0/s1. The number of anilines is 1. The van der Waals surface area contributed by atoms with E-state index in [-0.39, 0.29) is 5.41 Å². The number of likely N-dealkylation sites (tertiary alicyclic amines) is 1. The van der Waals surface area contributed by atoms with E-state index < -0.39 is 23.4 Å². The van der Waals surface area contributed by atoms with Gasteiger partial charge in [0.15, 0.2) is 0 Å². The summed E-state index contributed by atoms with van der Waals surface area (Å²) >= 11 is 0. The molecule has 0 unspecified atom stereocenters. The van der Waals surface area contributed by atoms with Gasteiger partial charge in [0.25, 0.3) is 11.8 Å². The second-order valence-electron chi connectivity index (χ2n) is 9.28. The van der Waals surface area contributed by atoms with E-state index in [4.69, 9.17) is 5.73 Å². The van der Waals surface area contributed by atoms with Crippen LogP contribution in [0.25, 0.3) is 0 Å². The Morgan fingerprint density at radius 2 is 1.73 bits per heavy atom. The predicted molar refractivity (Wildman–Crippen MR) is 115 cm³/mol. The van der Waals surface area contributed by atoms with Crippen molar-refractivity contribution in [1.82, 2.24) is 9.80 Å². The minimum atomic E-state index is -1.65. The molecule has 1 aromatic carbocycles. The highest BCUT2D eigenvalue weighted by Gasteiger charge is 2.62. The van der Waals surface area contributed by atoms with Gasteiger partial charge in [0.2, 0.25) is 5.54 Å². The first kappa shape index (κ1) is 20.8. The molecular weight excluding hydrogens is 380 g/mol. The SMILES string of the molecule is CC(C)(CCN1CCCC1)c1ccc(N2C(=O)N3CCC[CH][C@]3(C(N)=O)C2=O)cc1. The second-order valence-corrected chi connectivity index (χ2v) is 9.28. The number of primary amides is 1. The van der Waals surface area contributed by atoms with Crippen LogP contribution in [0, 0.1) is 6.42 Å². The molecule has 30 heavy (non-hydrogen) atoms. The van der Waals surface area contributed by atoms with Gasteiger partial charge in [-0.2, -0.15) is 0 Å². The molecule has 4 rings (SSSR count). The molecule has 7 nitrogen and oxygen atoms in total. The smallest absolute Gasteiger partial charge is 0.332 e. The Morgan fingerprint density at radius 1 is 1.07 bits per heavy atom. The van der Waals surface area contributed by atoms with Crippen molar-refractivity contribution < 1.29 is 14.4 Å². The molecule has 3 fully saturated rings. The van der Waals surface area contributed by atoms with Gasteiger partial charge < -0.3 is 15.5 Å². The summed E-state index contributed by atoms with van der Waals surface area (Å²) in [7, 11) is 0. The fourth-order valence-corrected chi connectivity index (χ4v) is 4.89. The summed E-state index contributed by atoms with van der Waals surface area (Å²) in [6, 6.07) is 7.09. The van der Waals surface area contributed by atoms with E-state index in [1.54, 1.807) is 18.6 Å². The van der Waals surface area contributed by atoms with Gasteiger partial charge in [-0.15, -0.1) is 0 Å². The summed E-state index contributed by atoms with van der Waals surface area (Å²) in [5.41, 5.74) is 5.57. The minimum absolute atomic E-state index is 0.0140. The van der Waals surface area contributed by atoms with Crippen LogP contribution < -0.4 is 10.6 Å². The third-order valence-electron chi connectivity index (χ3n) is 6.94. The Balaban J connectivity index is 1.54. The van der Waals surface area contributed by atoms with Crippen molar-refractivity contribution in [2.24, 2.45) is 5.73 Å². The number of urea groups is 1. The largest absolute Gasteiger partial charge is 0.367 e. The van der Waals surface area contributed by atoms with E-state index in [0.29, 0.717) is 25.1 Å². The monoisotopic (exact) mass is 411 g/mol. The van der Waals surface area contributed by atoms with Crippen molar-refractivity contribution in [3.63, 3.8) is 0 Å². The quantitative estimate of drug-likeness (QED) is 0.575. The third kappa shape index (κ3) is 3.29. The molecule has 0 aromatic heterocycles. The van der Waals surface area contributed by atoms with Crippen LogP contribution in [0.2, 0.25) is 0 Å². The van der Waals surface area contributed by atoms with Crippen molar-refractivity contribution in [3.8, 4) is 0 Å². The van der Waals surface area contributed by atoms with E-state index in [0.717, 1.165) is 17.9 Å². The summed E-state index contributed by atoms with van der Waals surface area (Å²) in [5.74, 6) is -1.36. The molecular formula is C23H31N4O3. The fourth-order valence-electron chi connectivity index (χ4n) is 4.89. The normalized spacial score (nSPS) is 25.1. The molecule has 0 aliphatic carbocycles. The lowest BCUT2D eigenvalue weighted by molar-refractivity contribution is -0.136. The van der Waals surface area contributed by atoms with Crippen LogP contribution in [-0.2, 0) is 15.0 Å². The van der Waals surface area contributed by atoms with Crippen molar-refractivity contribution in [1.29, 1.82) is 0 Å². The maximum Gasteiger partial charge on any atom is 0.332 e. The first-order chi connectivity index (χ1) is 14.3. The zero-order valence-corrected chi connectivity index (χ0v) is 17.9. The molecule has 4 amide bonds. The molecule has 1 aromatic rings. The molecule has 1 radical (unpaired) electrons. The van der Waals surface area contributed by atoms with Crippen LogP contribution in [-0.4, -0.2) is 59.4 Å². The molecule has 3 aliphatic heterocycles. The molecule has 7 heteroatoms. The number of nitrogens with zero attached hydrogens (tertiary/aromatic N) is 3. The predicted octanol–water partition coefficient (Wildman–Crippen LogP) is 2.44. The number of hydrogen-bond donors (Lipinski definition) is 1. The van der Waals surface area contributed by atoms with Crippen LogP contribution in [0.1, 0.15) is 51.5 Å². The van der Waals surface area contributed by atoms with Gasteiger partial charge in [-0.1, -0.05) is 26.0 Å². The summed E-state index contributed by atoms with van der Waals surface area (Å²) in [6.07, 6.45) is 6.50. The van der Waals surface area contributed by atoms with Crippen LogP contribution in [0.4, 0.5) is 10.5 Å². The van der Waals surface area contributed by atoms with Crippen LogP contribution in [0.15, 0.2) is 24.3 Å². The molecule has 3 saturated heterocycles. The fraction of sp³-hybridized carbons (Fsp3) is 0.565. The number of imide groups is 1. The number of carbonyl (C=O) groups is 3. The first-order valence-electron chi connectivity index (χ1n) is 10.9. The van der Waals surface area contributed by atoms with E-state index in [2.05, 4.69) is 18.7 Å². The van der Waals surface area contributed by atoms with Crippen LogP contribution >= 0.6 is 0 Å². The van der Waals surface area contributed by atoms with Crippen molar-refractivity contribution in [2.45, 2.75) is 56.9 Å². The topological polar surface area (TPSA) is 86.9 Å². The molecule has 3 heterocycles. The Bertz CT molecular complexity index is 845. The number of nitrogens with two attached hydrogens (primary N) is 1. The van der Waals surface area contributed by atoms with Gasteiger partial charge in [-0.25, -0.2) is 9.69 Å². The van der Waals surface area contributed by atoms with Gasteiger partial charge >= 0.3 is 6.03 Å². The molecule has 2 N–H and O–H groups in total. The van der Waals surface area contributed by atoms with Gasteiger partial charge in [-0.05, 0) is 74.8 Å². The minimum Gasteiger partial charge on any atom is -0.367 e. The Hall–Kier alpha value is -2.41. The number of benzene rings is 1. The van der Waals surface area contributed by atoms with E-state index >= 15 is 0 Å². The average molecular weight is 412 g/mol. The Kier molecular flexibility index (Phi) is 5.34. The highest BCUT2D eigenvalue weighted by molar-refractivity contribution is 6.31. The Morgan fingerprint density at radius 3 is 2.33 bits per heavy atom. The molecule has 3 aliphatic rings. The molecule has 0 saturated carbocycles. The van der Waals surface area contributed by atoms with Crippen LogP contribution in [0.5, 0.6) is 0 Å². The number of rotatable bonds is 6. The van der Waals surface area contributed by atoms with Crippen LogP contribution in [0.3, 0.4) is 0 Å². The lowest BCUT2D eigenvalue weighted by Gasteiger charge is -2.35. The maximum atomic E-state index is 13.2. The number of fused-ring (bicyclic) bond motifs is 1. The molecule has 161 valence electrons.